The molecule has 0 spiro atoms. The van der Waals surface area contributed by atoms with Gasteiger partial charge in [-0.25, -0.2) is 10.7 Å². The minimum atomic E-state index is -1.02. The zero-order valence-electron chi connectivity index (χ0n) is 4.63. The van der Waals surface area contributed by atoms with Gasteiger partial charge in [-0.3, -0.25) is 4.84 Å². The number of hydrogen-bond acceptors (Lipinski definition) is 3. The van der Waals surface area contributed by atoms with Crippen LogP contribution in [0.2, 0.25) is 0 Å². The van der Waals surface area contributed by atoms with Crippen molar-refractivity contribution < 1.29 is 14.7 Å². The third-order valence-corrected chi connectivity index (χ3v) is 0.810. The highest BCUT2D eigenvalue weighted by Crippen LogP contribution is 1.91. The fourth-order valence-corrected chi connectivity index (χ4v) is 0.329. The Morgan fingerprint density at radius 2 is 2.50 bits per heavy atom. The number of carboxylic acid groups (broad SMARTS) is 1. The van der Waals surface area contributed by atoms with Gasteiger partial charge in [-0.1, -0.05) is 6.92 Å². The minimum absolute atomic E-state index is 0.395. The molecule has 0 amide bonds. The van der Waals surface area contributed by atoms with Gasteiger partial charge in [-0.15, -0.1) is 0 Å². The van der Waals surface area contributed by atoms with Gasteiger partial charge < -0.3 is 5.11 Å². The van der Waals surface area contributed by atoms with E-state index in [2.05, 4.69) is 10.7 Å². The zero-order valence-corrected chi connectivity index (χ0v) is 4.63. The lowest BCUT2D eigenvalue weighted by molar-refractivity contribution is -0.150. The largest absolute Gasteiger partial charge is 0.479 e. The highest BCUT2D eigenvalue weighted by atomic mass is 16.6. The Bertz CT molecular complexity index is 79.4. The number of carboxylic acids is 1. The van der Waals surface area contributed by atoms with Crippen molar-refractivity contribution in [1.29, 1.82) is 0 Å². The molecule has 4 nitrogen and oxygen atoms in total. The van der Waals surface area contributed by atoms with Crippen LogP contribution in [-0.4, -0.2) is 17.2 Å². The second kappa shape index (κ2) is 3.40. The summed E-state index contributed by atoms with van der Waals surface area (Å²) < 4.78 is 0. The lowest BCUT2D eigenvalue weighted by Gasteiger charge is -2.03. The summed E-state index contributed by atoms with van der Waals surface area (Å²) in [6.07, 6.45) is -0.457. The predicted octanol–water partition coefficient (Wildman–Crippen LogP) is -0.260. The quantitative estimate of drug-likeness (QED) is 0.502. The summed E-state index contributed by atoms with van der Waals surface area (Å²) in [5.41, 5.74) is 0. The lowest BCUT2D eigenvalue weighted by atomic mass is 10.3. The minimum Gasteiger partial charge on any atom is -0.479 e. The number of carbonyl (C=O) groups is 1. The van der Waals surface area contributed by atoms with Gasteiger partial charge in [0.15, 0.2) is 6.10 Å². The second-order valence-corrected chi connectivity index (χ2v) is 1.37. The molecule has 8 heavy (non-hydrogen) atoms. The average molecular weight is 119 g/mol. The van der Waals surface area contributed by atoms with Gasteiger partial charge in [0.25, 0.3) is 0 Å². The van der Waals surface area contributed by atoms with Gasteiger partial charge >= 0.3 is 5.97 Å². The number of hydrogen-bond donors (Lipinski definition) is 2. The molecule has 0 radical (unpaired) electrons. The maximum Gasteiger partial charge on any atom is 0.334 e. The molecule has 0 bridgehead atoms. The molecular formula is C4H9NO3. The van der Waals surface area contributed by atoms with Gasteiger partial charge in [-0.05, 0) is 6.42 Å². The molecule has 0 rings (SSSR count). The van der Waals surface area contributed by atoms with Gasteiger partial charge in [0.05, 0.1) is 0 Å². The monoisotopic (exact) mass is 119 g/mol. The Morgan fingerprint density at radius 3 is 2.50 bits per heavy atom. The van der Waals surface area contributed by atoms with Crippen LogP contribution >= 0.6 is 0 Å². The first-order valence-electron chi connectivity index (χ1n) is 2.30. The van der Waals surface area contributed by atoms with Crippen molar-refractivity contribution in [3.63, 3.8) is 0 Å². The van der Waals surface area contributed by atoms with Crippen molar-refractivity contribution in [2.75, 3.05) is 0 Å². The highest BCUT2D eigenvalue weighted by Gasteiger charge is 2.12. The van der Waals surface area contributed by atoms with E-state index < -0.39 is 12.1 Å². The second-order valence-electron chi connectivity index (χ2n) is 1.37. The molecule has 0 fully saturated rings. The third kappa shape index (κ3) is 1.90. The van der Waals surface area contributed by atoms with Crippen LogP contribution in [0.4, 0.5) is 0 Å². The molecule has 48 valence electrons. The fourth-order valence-electron chi connectivity index (χ4n) is 0.329. The molecule has 0 aliphatic heterocycles. The van der Waals surface area contributed by atoms with Crippen LogP contribution in [0.25, 0.3) is 0 Å². The van der Waals surface area contributed by atoms with Crippen LogP contribution in [-0.2, 0) is 9.63 Å². The van der Waals surface area contributed by atoms with Crippen molar-refractivity contribution in [2.24, 2.45) is 5.90 Å². The third-order valence-electron chi connectivity index (χ3n) is 0.810. The normalized spacial score (nSPS) is 13.2. The van der Waals surface area contributed by atoms with Crippen LogP contribution in [0.15, 0.2) is 0 Å². The summed E-state index contributed by atoms with van der Waals surface area (Å²) in [6, 6.07) is 0. The Kier molecular flexibility index (Phi) is 3.14. The van der Waals surface area contributed by atoms with E-state index in [1.807, 2.05) is 0 Å². The molecule has 0 heterocycles. The first-order valence-corrected chi connectivity index (χ1v) is 2.30. The Balaban J connectivity index is 3.52. The number of aliphatic carboxylic acids is 1. The summed E-state index contributed by atoms with van der Waals surface area (Å²) in [5.74, 6) is 3.58. The highest BCUT2D eigenvalue weighted by molar-refractivity contribution is 5.72. The smallest absolute Gasteiger partial charge is 0.334 e. The van der Waals surface area contributed by atoms with Gasteiger partial charge in [0.2, 0.25) is 0 Å². The summed E-state index contributed by atoms with van der Waals surface area (Å²) in [6.45, 7) is 1.69. The van der Waals surface area contributed by atoms with Crippen LogP contribution in [0.1, 0.15) is 13.3 Å². The van der Waals surface area contributed by atoms with Crippen molar-refractivity contribution in [3.05, 3.63) is 0 Å². The standard InChI is InChI=1S/C4H9NO3/c1-2-3(8-5)4(6)7/h3H,2,5H2,1H3,(H,6,7). The van der Waals surface area contributed by atoms with Gasteiger partial charge in [0.1, 0.15) is 0 Å². The summed E-state index contributed by atoms with van der Waals surface area (Å²) in [7, 11) is 0. The molecule has 0 aliphatic carbocycles. The Labute approximate surface area is 47.2 Å². The molecular weight excluding hydrogens is 110 g/mol. The van der Waals surface area contributed by atoms with Gasteiger partial charge in [0, 0.05) is 0 Å². The van der Waals surface area contributed by atoms with E-state index in [9.17, 15) is 4.79 Å². The van der Waals surface area contributed by atoms with Gasteiger partial charge in [-0.2, -0.15) is 0 Å². The molecule has 0 aliphatic rings. The van der Waals surface area contributed by atoms with E-state index in [0.29, 0.717) is 6.42 Å². The average Bonchev–Trinajstić information content (AvgIpc) is 1.69. The summed E-state index contributed by atoms with van der Waals surface area (Å²) in [5, 5.41) is 8.17. The van der Waals surface area contributed by atoms with Crippen molar-refractivity contribution in [2.45, 2.75) is 19.4 Å². The Hall–Kier alpha value is -0.610. The summed E-state index contributed by atoms with van der Waals surface area (Å²) >= 11 is 0. The maximum absolute atomic E-state index is 9.96. The lowest BCUT2D eigenvalue weighted by Crippen LogP contribution is -2.25. The first-order chi connectivity index (χ1) is 3.72. The van der Waals surface area contributed by atoms with Crippen LogP contribution < -0.4 is 5.90 Å². The SMILES string of the molecule is CCC(ON)C(=O)O. The predicted molar refractivity (Wildman–Crippen MR) is 27.0 cm³/mol. The van der Waals surface area contributed by atoms with E-state index in [0.717, 1.165) is 0 Å². The molecule has 0 aromatic carbocycles. The van der Waals surface area contributed by atoms with E-state index in [1.165, 1.54) is 0 Å². The molecule has 0 saturated heterocycles. The van der Waals surface area contributed by atoms with Crippen molar-refractivity contribution >= 4 is 5.97 Å². The molecule has 0 aromatic heterocycles. The van der Waals surface area contributed by atoms with Crippen LogP contribution in [0.3, 0.4) is 0 Å². The van der Waals surface area contributed by atoms with E-state index in [1.54, 1.807) is 6.92 Å². The molecule has 4 heteroatoms. The van der Waals surface area contributed by atoms with E-state index in [4.69, 9.17) is 5.11 Å². The number of nitrogens with two attached hydrogens (primary N) is 1. The van der Waals surface area contributed by atoms with E-state index >= 15 is 0 Å². The topological polar surface area (TPSA) is 72.5 Å². The van der Waals surface area contributed by atoms with E-state index in [-0.39, 0.29) is 0 Å². The van der Waals surface area contributed by atoms with Crippen LogP contribution in [0, 0.1) is 0 Å². The number of rotatable bonds is 3. The molecule has 1 unspecified atom stereocenters. The molecule has 3 N–H and O–H groups in total. The van der Waals surface area contributed by atoms with Crippen LogP contribution in [0.5, 0.6) is 0 Å². The fraction of sp³-hybridized carbons (Fsp3) is 0.750. The zero-order chi connectivity index (χ0) is 6.57. The summed E-state index contributed by atoms with van der Waals surface area (Å²) in [4.78, 5) is 14.0. The first kappa shape index (κ1) is 7.39. The molecule has 0 saturated carbocycles. The van der Waals surface area contributed by atoms with Crippen molar-refractivity contribution in [1.82, 2.24) is 0 Å². The Morgan fingerprint density at radius 1 is 2.00 bits per heavy atom. The maximum atomic E-state index is 9.96. The molecule has 1 atom stereocenters. The molecule has 0 aromatic rings. The van der Waals surface area contributed by atoms with Crippen molar-refractivity contribution in [3.8, 4) is 0 Å².